The van der Waals surface area contributed by atoms with E-state index >= 15 is 0 Å². The number of methoxy groups -OCH3 is 1. The van der Waals surface area contributed by atoms with Crippen LogP contribution >= 0.6 is 0 Å². The lowest BCUT2D eigenvalue weighted by Crippen LogP contribution is -2.41. The monoisotopic (exact) mass is 186 g/mol. The maximum atomic E-state index is 10.8. The average molecular weight is 186 g/mol. The first kappa shape index (κ1) is 10.3. The standard InChI is InChI=1S/C9H18N2O2/c1-13-9(12)11-6-7-4-2-3-5-8(7)10/h7-8H,2-6,10H2,1H3,(H,11,12). The molecule has 2 atom stereocenters. The van der Waals surface area contributed by atoms with Crippen LogP contribution in [-0.2, 0) is 4.74 Å². The molecule has 0 aromatic carbocycles. The third-order valence-electron chi connectivity index (χ3n) is 2.66. The summed E-state index contributed by atoms with van der Waals surface area (Å²) in [5.41, 5.74) is 5.91. The number of ether oxygens (including phenoxy) is 1. The van der Waals surface area contributed by atoms with Crippen molar-refractivity contribution in [3.8, 4) is 0 Å². The van der Waals surface area contributed by atoms with Crippen molar-refractivity contribution >= 4 is 6.09 Å². The highest BCUT2D eigenvalue weighted by molar-refractivity contribution is 5.66. The van der Waals surface area contributed by atoms with Crippen LogP contribution in [0.5, 0.6) is 0 Å². The number of nitrogens with one attached hydrogen (secondary N) is 1. The lowest BCUT2D eigenvalue weighted by atomic mass is 9.85. The molecule has 0 aromatic heterocycles. The van der Waals surface area contributed by atoms with Crippen LogP contribution in [0.3, 0.4) is 0 Å². The van der Waals surface area contributed by atoms with Crippen LogP contribution in [0.15, 0.2) is 0 Å². The zero-order valence-corrected chi connectivity index (χ0v) is 8.08. The summed E-state index contributed by atoms with van der Waals surface area (Å²) in [5, 5.41) is 2.69. The molecule has 1 aliphatic carbocycles. The van der Waals surface area contributed by atoms with Crippen LogP contribution in [0.25, 0.3) is 0 Å². The van der Waals surface area contributed by atoms with Gasteiger partial charge in [-0.2, -0.15) is 0 Å². The zero-order valence-electron chi connectivity index (χ0n) is 8.08. The van der Waals surface area contributed by atoms with E-state index in [9.17, 15) is 4.79 Å². The Morgan fingerprint density at radius 3 is 2.85 bits per heavy atom. The Morgan fingerprint density at radius 2 is 2.23 bits per heavy atom. The van der Waals surface area contributed by atoms with Gasteiger partial charge in [0, 0.05) is 12.6 Å². The maximum Gasteiger partial charge on any atom is 0.406 e. The predicted molar refractivity (Wildman–Crippen MR) is 50.3 cm³/mol. The highest BCUT2D eigenvalue weighted by Gasteiger charge is 2.21. The third-order valence-corrected chi connectivity index (χ3v) is 2.66. The Hall–Kier alpha value is -0.770. The lowest BCUT2D eigenvalue weighted by Gasteiger charge is -2.28. The fraction of sp³-hybridized carbons (Fsp3) is 0.889. The van der Waals surface area contributed by atoms with E-state index in [-0.39, 0.29) is 12.1 Å². The normalized spacial score (nSPS) is 28.2. The van der Waals surface area contributed by atoms with Crippen LogP contribution in [0.1, 0.15) is 25.7 Å². The summed E-state index contributed by atoms with van der Waals surface area (Å²) in [6, 6.07) is 0.242. The highest BCUT2D eigenvalue weighted by atomic mass is 16.5. The topological polar surface area (TPSA) is 64.3 Å². The first-order valence-corrected chi connectivity index (χ1v) is 4.81. The largest absolute Gasteiger partial charge is 0.453 e. The predicted octanol–water partition coefficient (Wildman–Crippen LogP) is 0.860. The Bertz CT molecular complexity index is 173. The van der Waals surface area contributed by atoms with Gasteiger partial charge in [-0.05, 0) is 18.8 Å². The Morgan fingerprint density at radius 1 is 1.54 bits per heavy atom. The molecule has 0 saturated heterocycles. The van der Waals surface area contributed by atoms with E-state index in [1.54, 1.807) is 0 Å². The number of hydrogen-bond donors (Lipinski definition) is 2. The molecular formula is C9H18N2O2. The number of nitrogens with two attached hydrogens (primary N) is 1. The molecule has 4 nitrogen and oxygen atoms in total. The third kappa shape index (κ3) is 3.22. The molecule has 0 spiro atoms. The van der Waals surface area contributed by atoms with Gasteiger partial charge in [-0.15, -0.1) is 0 Å². The summed E-state index contributed by atoms with van der Waals surface area (Å²) in [6.45, 7) is 0.647. The number of carbonyl (C=O) groups excluding carboxylic acids is 1. The first-order chi connectivity index (χ1) is 6.24. The molecule has 1 rings (SSSR count). The van der Waals surface area contributed by atoms with Crippen molar-refractivity contribution in [2.45, 2.75) is 31.7 Å². The number of alkyl carbamates (subject to hydrolysis) is 1. The number of hydrogen-bond acceptors (Lipinski definition) is 3. The van der Waals surface area contributed by atoms with Crippen LogP contribution in [0.4, 0.5) is 4.79 Å². The summed E-state index contributed by atoms with van der Waals surface area (Å²) in [7, 11) is 1.37. The average Bonchev–Trinajstić information content (AvgIpc) is 2.16. The Kier molecular flexibility index (Phi) is 4.02. The van der Waals surface area contributed by atoms with Crippen molar-refractivity contribution in [3.05, 3.63) is 0 Å². The van der Waals surface area contributed by atoms with Crippen molar-refractivity contribution < 1.29 is 9.53 Å². The summed E-state index contributed by atoms with van der Waals surface area (Å²) in [4.78, 5) is 10.8. The van der Waals surface area contributed by atoms with Gasteiger partial charge in [0.2, 0.25) is 0 Å². The first-order valence-electron chi connectivity index (χ1n) is 4.81. The van der Waals surface area contributed by atoms with Crippen molar-refractivity contribution in [1.82, 2.24) is 5.32 Å². The van der Waals surface area contributed by atoms with E-state index in [0.29, 0.717) is 12.5 Å². The summed E-state index contributed by atoms with van der Waals surface area (Å²) < 4.78 is 4.49. The van der Waals surface area contributed by atoms with Crippen molar-refractivity contribution in [2.75, 3.05) is 13.7 Å². The summed E-state index contributed by atoms with van der Waals surface area (Å²) >= 11 is 0. The molecular weight excluding hydrogens is 168 g/mol. The van der Waals surface area contributed by atoms with Gasteiger partial charge in [0.1, 0.15) is 0 Å². The molecule has 76 valence electrons. The second-order valence-corrected chi connectivity index (χ2v) is 3.58. The van der Waals surface area contributed by atoms with Gasteiger partial charge < -0.3 is 15.8 Å². The van der Waals surface area contributed by atoms with Crippen molar-refractivity contribution in [2.24, 2.45) is 11.7 Å². The Balaban J connectivity index is 2.22. The molecule has 2 unspecified atom stereocenters. The minimum atomic E-state index is -0.363. The molecule has 1 fully saturated rings. The highest BCUT2D eigenvalue weighted by Crippen LogP contribution is 2.21. The van der Waals surface area contributed by atoms with E-state index in [1.807, 2.05) is 0 Å². The van der Waals surface area contributed by atoms with Gasteiger partial charge >= 0.3 is 6.09 Å². The van der Waals surface area contributed by atoms with Crippen LogP contribution < -0.4 is 11.1 Å². The zero-order chi connectivity index (χ0) is 9.68. The van der Waals surface area contributed by atoms with E-state index < -0.39 is 0 Å². The van der Waals surface area contributed by atoms with Gasteiger partial charge in [0.15, 0.2) is 0 Å². The van der Waals surface area contributed by atoms with Gasteiger partial charge in [-0.25, -0.2) is 4.79 Å². The van der Waals surface area contributed by atoms with E-state index in [1.165, 1.54) is 20.0 Å². The maximum absolute atomic E-state index is 10.8. The molecule has 13 heavy (non-hydrogen) atoms. The quantitative estimate of drug-likeness (QED) is 0.672. The van der Waals surface area contributed by atoms with E-state index in [2.05, 4.69) is 10.1 Å². The fourth-order valence-electron chi connectivity index (χ4n) is 1.78. The SMILES string of the molecule is COC(=O)NCC1CCCCC1N. The van der Waals surface area contributed by atoms with E-state index in [0.717, 1.165) is 12.8 Å². The number of amides is 1. The molecule has 0 aromatic rings. The molecule has 1 saturated carbocycles. The Labute approximate surface area is 78.8 Å². The van der Waals surface area contributed by atoms with Crippen LogP contribution in [0, 0.1) is 5.92 Å². The fourth-order valence-corrected chi connectivity index (χ4v) is 1.78. The van der Waals surface area contributed by atoms with E-state index in [4.69, 9.17) is 5.73 Å². The minimum Gasteiger partial charge on any atom is -0.453 e. The van der Waals surface area contributed by atoms with Crippen molar-refractivity contribution in [1.29, 1.82) is 0 Å². The van der Waals surface area contributed by atoms with Crippen LogP contribution in [-0.4, -0.2) is 25.8 Å². The van der Waals surface area contributed by atoms with Crippen molar-refractivity contribution in [3.63, 3.8) is 0 Å². The molecule has 1 amide bonds. The van der Waals surface area contributed by atoms with Gasteiger partial charge in [-0.3, -0.25) is 0 Å². The van der Waals surface area contributed by atoms with Gasteiger partial charge in [0.25, 0.3) is 0 Å². The molecule has 0 heterocycles. The molecule has 0 bridgehead atoms. The summed E-state index contributed by atoms with van der Waals surface area (Å²) in [5.74, 6) is 0.424. The van der Waals surface area contributed by atoms with Gasteiger partial charge in [0.05, 0.1) is 7.11 Å². The molecule has 1 aliphatic rings. The number of rotatable bonds is 2. The minimum absolute atomic E-state index is 0.242. The van der Waals surface area contributed by atoms with Gasteiger partial charge in [-0.1, -0.05) is 12.8 Å². The molecule has 0 aliphatic heterocycles. The summed E-state index contributed by atoms with van der Waals surface area (Å²) in [6.07, 6.45) is 4.27. The molecule has 0 radical (unpaired) electrons. The number of carbonyl (C=O) groups is 1. The molecule has 4 heteroatoms. The second kappa shape index (κ2) is 5.07. The molecule has 3 N–H and O–H groups in total. The van der Waals surface area contributed by atoms with Crippen LogP contribution in [0.2, 0.25) is 0 Å². The second-order valence-electron chi connectivity index (χ2n) is 3.58. The lowest BCUT2D eigenvalue weighted by molar-refractivity contribution is 0.166. The smallest absolute Gasteiger partial charge is 0.406 e.